The van der Waals surface area contributed by atoms with E-state index in [2.05, 4.69) is 43.0 Å². The van der Waals surface area contributed by atoms with Crippen LogP contribution in [0.2, 0.25) is 0 Å². The van der Waals surface area contributed by atoms with Crippen molar-refractivity contribution in [1.29, 1.82) is 0 Å². The molecule has 0 aliphatic carbocycles. The smallest absolute Gasteiger partial charge is 0.101 e. The van der Waals surface area contributed by atoms with Crippen LogP contribution in [0.4, 0.5) is 0 Å². The zero-order valence-electron chi connectivity index (χ0n) is 32.5. The van der Waals surface area contributed by atoms with Gasteiger partial charge in [0.1, 0.15) is 6.17 Å². The van der Waals surface area contributed by atoms with E-state index in [0.717, 1.165) is 0 Å². The maximum absolute atomic E-state index is 2.72. The minimum Gasteiger partial charge on any atom is -0.356 e. The van der Waals surface area contributed by atoms with E-state index in [1.165, 1.54) is 244 Å². The van der Waals surface area contributed by atoms with Crippen LogP contribution in [0, 0.1) is 0 Å². The molecule has 274 valence electrons. The third-order valence-corrected chi connectivity index (χ3v) is 10.8. The number of hydrogen-bond acceptors (Lipinski definition) is 2. The first-order chi connectivity index (χ1) is 22.8. The van der Waals surface area contributed by atoms with Gasteiger partial charge < -0.3 is 9.80 Å². The molecule has 0 fully saturated rings. The number of hydrogen-bond donors (Lipinski definition) is 0. The normalized spacial score (nSPS) is 14.7. The van der Waals surface area contributed by atoms with Gasteiger partial charge in [-0.3, -0.25) is 0 Å². The van der Waals surface area contributed by atoms with Crippen molar-refractivity contribution in [2.24, 2.45) is 0 Å². The summed E-state index contributed by atoms with van der Waals surface area (Å²) in [6.07, 6.45) is 57.4. The van der Waals surface area contributed by atoms with Gasteiger partial charge in [-0.1, -0.05) is 226 Å². The summed E-state index contributed by atoms with van der Waals surface area (Å²) in [7, 11) is 0. The van der Waals surface area contributed by atoms with E-state index in [9.17, 15) is 0 Å². The van der Waals surface area contributed by atoms with Crippen molar-refractivity contribution in [2.45, 2.75) is 258 Å². The Morgan fingerprint density at radius 2 is 0.500 bits per heavy atom. The molecule has 0 aromatic heterocycles. The molecule has 0 bridgehead atoms. The van der Waals surface area contributed by atoms with Gasteiger partial charge in [-0.2, -0.15) is 0 Å². The van der Waals surface area contributed by atoms with Gasteiger partial charge in [0.25, 0.3) is 0 Å². The summed E-state index contributed by atoms with van der Waals surface area (Å²) in [5, 5.41) is 0. The van der Waals surface area contributed by atoms with Crippen molar-refractivity contribution < 1.29 is 0 Å². The lowest BCUT2D eigenvalue weighted by molar-refractivity contribution is 0.135. The summed E-state index contributed by atoms with van der Waals surface area (Å²) < 4.78 is 0. The maximum atomic E-state index is 2.72. The topological polar surface area (TPSA) is 6.48 Å². The van der Waals surface area contributed by atoms with Gasteiger partial charge in [-0.15, -0.1) is 0 Å². The average molecular weight is 645 g/mol. The Morgan fingerprint density at radius 1 is 0.283 bits per heavy atom. The summed E-state index contributed by atoms with van der Waals surface area (Å²) >= 11 is 0. The highest BCUT2D eigenvalue weighted by molar-refractivity contribution is 4.97. The van der Waals surface area contributed by atoms with E-state index in [0.29, 0.717) is 6.17 Å². The van der Waals surface area contributed by atoms with E-state index in [-0.39, 0.29) is 0 Å². The van der Waals surface area contributed by atoms with E-state index >= 15 is 0 Å². The van der Waals surface area contributed by atoms with Crippen molar-refractivity contribution in [3.8, 4) is 0 Å². The van der Waals surface area contributed by atoms with Gasteiger partial charge in [0.15, 0.2) is 0 Å². The first-order valence-electron chi connectivity index (χ1n) is 22.0. The van der Waals surface area contributed by atoms with Crippen molar-refractivity contribution in [3.05, 3.63) is 12.4 Å². The van der Waals surface area contributed by atoms with Crippen LogP contribution in [0.5, 0.6) is 0 Å². The molecule has 1 aliphatic heterocycles. The highest BCUT2D eigenvalue weighted by Gasteiger charge is 2.24. The van der Waals surface area contributed by atoms with Crippen LogP contribution < -0.4 is 0 Å². The largest absolute Gasteiger partial charge is 0.356 e. The van der Waals surface area contributed by atoms with Gasteiger partial charge in [0, 0.05) is 25.5 Å². The van der Waals surface area contributed by atoms with Crippen LogP contribution in [0.1, 0.15) is 252 Å². The second-order valence-corrected chi connectivity index (χ2v) is 15.4. The summed E-state index contributed by atoms with van der Waals surface area (Å²) in [6, 6.07) is 0. The average Bonchev–Trinajstić information content (AvgIpc) is 3.45. The molecule has 0 radical (unpaired) electrons. The zero-order chi connectivity index (χ0) is 33.0. The number of unbranched alkanes of at least 4 members (excludes halogenated alkanes) is 32. The van der Waals surface area contributed by atoms with E-state index in [4.69, 9.17) is 0 Å². The Morgan fingerprint density at radius 3 is 0.761 bits per heavy atom. The van der Waals surface area contributed by atoms with Gasteiger partial charge in [-0.05, 0) is 25.7 Å². The van der Waals surface area contributed by atoms with Crippen LogP contribution in [0.15, 0.2) is 12.4 Å². The second kappa shape index (κ2) is 35.6. The van der Waals surface area contributed by atoms with E-state index < -0.39 is 0 Å². The fourth-order valence-corrected chi connectivity index (χ4v) is 7.60. The Hall–Kier alpha value is -0.660. The minimum absolute atomic E-state index is 0.638. The molecule has 1 aliphatic rings. The molecule has 0 aromatic carbocycles. The van der Waals surface area contributed by atoms with Gasteiger partial charge in [0.2, 0.25) is 0 Å². The molecule has 1 atom stereocenters. The predicted octanol–water partition coefficient (Wildman–Crippen LogP) is 15.5. The van der Waals surface area contributed by atoms with Gasteiger partial charge in [0.05, 0.1) is 0 Å². The van der Waals surface area contributed by atoms with Gasteiger partial charge in [-0.25, -0.2) is 0 Å². The molecular formula is C44H88N2. The van der Waals surface area contributed by atoms with Crippen LogP contribution >= 0.6 is 0 Å². The third-order valence-electron chi connectivity index (χ3n) is 10.8. The predicted molar refractivity (Wildman–Crippen MR) is 210 cm³/mol. The van der Waals surface area contributed by atoms with E-state index in [1.54, 1.807) is 0 Å². The Kier molecular flexibility index (Phi) is 33.6. The Bertz CT molecular complexity index is 601. The summed E-state index contributed by atoms with van der Waals surface area (Å²) in [5.41, 5.74) is 0. The van der Waals surface area contributed by atoms with Crippen molar-refractivity contribution in [2.75, 3.05) is 13.1 Å². The Balaban J connectivity index is 2.15. The highest BCUT2D eigenvalue weighted by Crippen LogP contribution is 2.24. The fourth-order valence-electron chi connectivity index (χ4n) is 7.60. The Labute approximate surface area is 292 Å². The molecule has 46 heavy (non-hydrogen) atoms. The minimum atomic E-state index is 0.638. The first-order valence-corrected chi connectivity index (χ1v) is 22.0. The third kappa shape index (κ3) is 27.3. The lowest BCUT2D eigenvalue weighted by Crippen LogP contribution is -2.39. The molecule has 1 heterocycles. The standard InChI is InChI=1S/C44H88N2/c1-4-7-10-13-16-18-20-21-22-23-24-25-26-28-30-33-36-39-44-45(40-37-34-31-15-12-9-6-3)42-43-46(44)41-38-35-32-29-27-19-17-14-11-8-5-2/h42-44H,4-41H2,1-3H3. The SMILES string of the molecule is CCCCCCCCCCCCCCCCCCCC1N(CCCCCCCCC)C=CN1CCCCCCCCCCCCC. The molecule has 0 N–H and O–H groups in total. The summed E-state index contributed by atoms with van der Waals surface area (Å²) in [4.78, 5) is 5.44. The molecule has 1 unspecified atom stereocenters. The molecule has 0 saturated carbocycles. The maximum Gasteiger partial charge on any atom is 0.101 e. The van der Waals surface area contributed by atoms with Crippen LogP contribution in [-0.2, 0) is 0 Å². The molecule has 0 saturated heterocycles. The van der Waals surface area contributed by atoms with Crippen LogP contribution in [0.3, 0.4) is 0 Å². The monoisotopic (exact) mass is 645 g/mol. The molecule has 0 amide bonds. The lowest BCUT2D eigenvalue weighted by Gasteiger charge is -2.33. The summed E-state index contributed by atoms with van der Waals surface area (Å²) in [5.74, 6) is 0. The van der Waals surface area contributed by atoms with Crippen LogP contribution in [0.25, 0.3) is 0 Å². The molecule has 2 heteroatoms. The first kappa shape index (κ1) is 43.4. The van der Waals surface area contributed by atoms with Crippen molar-refractivity contribution >= 4 is 0 Å². The van der Waals surface area contributed by atoms with Gasteiger partial charge >= 0.3 is 0 Å². The number of rotatable bonds is 38. The quantitative estimate of drug-likeness (QED) is 0.0617. The highest BCUT2D eigenvalue weighted by atomic mass is 15.4. The molecule has 0 aromatic rings. The lowest BCUT2D eigenvalue weighted by atomic mass is 10.0. The van der Waals surface area contributed by atoms with Crippen molar-refractivity contribution in [3.63, 3.8) is 0 Å². The zero-order valence-corrected chi connectivity index (χ0v) is 32.5. The molecule has 2 nitrogen and oxygen atoms in total. The molecular weight excluding hydrogens is 556 g/mol. The van der Waals surface area contributed by atoms with Crippen molar-refractivity contribution in [1.82, 2.24) is 9.80 Å². The molecule has 1 rings (SSSR count). The second-order valence-electron chi connectivity index (χ2n) is 15.4. The summed E-state index contributed by atoms with van der Waals surface area (Å²) in [6.45, 7) is 9.49. The van der Waals surface area contributed by atoms with E-state index in [1.807, 2.05) is 0 Å². The number of nitrogens with zero attached hydrogens (tertiary/aromatic N) is 2. The fraction of sp³-hybridized carbons (Fsp3) is 0.955. The van der Waals surface area contributed by atoms with Crippen LogP contribution in [-0.4, -0.2) is 29.1 Å². The molecule has 0 spiro atoms.